The first-order chi connectivity index (χ1) is 25.3. The molecule has 4 heteroatoms. The Bertz CT molecular complexity index is 2800. The van der Waals surface area contributed by atoms with Gasteiger partial charge in [-0.25, -0.2) is 9.97 Å². The fourth-order valence-electron chi connectivity index (χ4n) is 7.65. The van der Waals surface area contributed by atoms with Crippen LogP contribution in [0.5, 0.6) is 0 Å². The van der Waals surface area contributed by atoms with Gasteiger partial charge in [0.05, 0.1) is 33.8 Å². The second-order valence-corrected chi connectivity index (χ2v) is 12.8. The molecule has 0 aliphatic carbocycles. The van der Waals surface area contributed by atoms with Crippen molar-refractivity contribution in [3.8, 4) is 50.7 Å². The Hall–Kier alpha value is -6.91. The van der Waals surface area contributed by atoms with E-state index in [9.17, 15) is 0 Å². The van der Waals surface area contributed by atoms with Crippen LogP contribution < -0.4 is 0 Å². The van der Waals surface area contributed by atoms with Crippen LogP contribution in [-0.2, 0) is 0 Å². The smallest absolute Gasteiger partial charge is 0.0893 e. The van der Waals surface area contributed by atoms with Gasteiger partial charge in [0.25, 0.3) is 0 Å². The van der Waals surface area contributed by atoms with Crippen LogP contribution in [-0.4, -0.2) is 19.5 Å². The summed E-state index contributed by atoms with van der Waals surface area (Å²) in [5.74, 6) is 0. The number of hydrogen-bond acceptors (Lipinski definition) is 3. The van der Waals surface area contributed by atoms with Gasteiger partial charge >= 0.3 is 0 Å². The van der Waals surface area contributed by atoms with Crippen molar-refractivity contribution in [1.82, 2.24) is 19.5 Å². The van der Waals surface area contributed by atoms with Gasteiger partial charge in [-0.05, 0) is 81.2 Å². The Morgan fingerprint density at radius 2 is 0.863 bits per heavy atom. The molecule has 0 radical (unpaired) electrons. The summed E-state index contributed by atoms with van der Waals surface area (Å²) in [6, 6.07) is 59.7. The Kier molecular flexibility index (Phi) is 6.78. The lowest BCUT2D eigenvalue weighted by atomic mass is 9.87. The van der Waals surface area contributed by atoms with Gasteiger partial charge in [-0.2, -0.15) is 0 Å². The highest BCUT2D eigenvalue weighted by atomic mass is 15.0. The molecule has 0 N–H and O–H groups in total. The molecule has 4 aromatic heterocycles. The molecule has 0 aliphatic rings. The van der Waals surface area contributed by atoms with E-state index in [1.807, 2.05) is 18.5 Å². The van der Waals surface area contributed by atoms with Crippen molar-refractivity contribution >= 4 is 43.4 Å². The van der Waals surface area contributed by atoms with Gasteiger partial charge in [0.1, 0.15) is 0 Å². The number of hydrogen-bond donors (Lipinski definition) is 0. The molecule has 0 saturated carbocycles. The standard InChI is InChI=1S/C47H30N4/c1-2-12-32(13-3-1)46-35-15-4-6-17-37(35)47(38-18-7-5-16-36(38)46)43-22-11-21-42(50-43)41-20-10-19-40(49-41)31-24-26-33(27-25-31)51-44-23-9-8-14-34(44)39-30-48-29-28-45(39)51/h1-30H. The van der Waals surface area contributed by atoms with Crippen molar-refractivity contribution in [3.63, 3.8) is 0 Å². The van der Waals surface area contributed by atoms with Gasteiger partial charge in [-0.3, -0.25) is 4.98 Å². The molecule has 0 fully saturated rings. The maximum absolute atomic E-state index is 5.29. The summed E-state index contributed by atoms with van der Waals surface area (Å²) in [6.07, 6.45) is 3.81. The van der Waals surface area contributed by atoms with Gasteiger partial charge in [0, 0.05) is 40.0 Å². The third-order valence-electron chi connectivity index (χ3n) is 9.91. The summed E-state index contributed by atoms with van der Waals surface area (Å²) >= 11 is 0. The van der Waals surface area contributed by atoms with E-state index in [0.29, 0.717) is 0 Å². The quantitative estimate of drug-likeness (QED) is 0.174. The third kappa shape index (κ3) is 4.80. The predicted octanol–water partition coefficient (Wildman–Crippen LogP) is 11.9. The van der Waals surface area contributed by atoms with E-state index in [2.05, 4.69) is 173 Å². The Morgan fingerprint density at radius 3 is 1.55 bits per heavy atom. The second kappa shape index (κ2) is 11.9. The van der Waals surface area contributed by atoms with Gasteiger partial charge < -0.3 is 4.57 Å². The minimum absolute atomic E-state index is 0.836. The largest absolute Gasteiger partial charge is 0.309 e. The van der Waals surface area contributed by atoms with Gasteiger partial charge in [0.2, 0.25) is 0 Å². The summed E-state index contributed by atoms with van der Waals surface area (Å²) in [5, 5.41) is 7.13. The van der Waals surface area contributed by atoms with E-state index in [-0.39, 0.29) is 0 Å². The average molecular weight is 651 g/mol. The number of aromatic nitrogens is 4. The molecule has 0 bridgehead atoms. The second-order valence-electron chi connectivity index (χ2n) is 12.8. The molecule has 238 valence electrons. The average Bonchev–Trinajstić information content (AvgIpc) is 3.55. The molecule has 10 aromatic rings. The fraction of sp³-hybridized carbons (Fsp3) is 0. The van der Waals surface area contributed by atoms with Crippen LogP contribution in [0.3, 0.4) is 0 Å². The lowest BCUT2D eigenvalue weighted by Crippen LogP contribution is -1.95. The lowest BCUT2D eigenvalue weighted by Gasteiger charge is -2.17. The molecule has 0 aliphatic heterocycles. The number of benzene rings is 6. The highest BCUT2D eigenvalue weighted by Gasteiger charge is 2.18. The maximum Gasteiger partial charge on any atom is 0.0893 e. The third-order valence-corrected chi connectivity index (χ3v) is 9.91. The van der Waals surface area contributed by atoms with Crippen LogP contribution in [0.25, 0.3) is 94.1 Å². The molecule has 0 amide bonds. The van der Waals surface area contributed by atoms with Crippen LogP contribution in [0, 0.1) is 0 Å². The normalized spacial score (nSPS) is 11.5. The topological polar surface area (TPSA) is 43.6 Å². The molecule has 4 heterocycles. The fourth-order valence-corrected chi connectivity index (χ4v) is 7.65. The molecule has 0 saturated heterocycles. The van der Waals surface area contributed by atoms with Crippen LogP contribution in [0.4, 0.5) is 0 Å². The minimum Gasteiger partial charge on any atom is -0.309 e. The summed E-state index contributed by atoms with van der Waals surface area (Å²) in [7, 11) is 0. The van der Waals surface area contributed by atoms with Crippen molar-refractivity contribution in [3.05, 3.63) is 182 Å². The van der Waals surface area contributed by atoms with Crippen LogP contribution in [0.15, 0.2) is 182 Å². The van der Waals surface area contributed by atoms with Gasteiger partial charge in [0.15, 0.2) is 0 Å². The Balaban J connectivity index is 1.06. The van der Waals surface area contributed by atoms with E-state index in [1.165, 1.54) is 38.1 Å². The summed E-state index contributed by atoms with van der Waals surface area (Å²) < 4.78 is 2.30. The van der Waals surface area contributed by atoms with E-state index >= 15 is 0 Å². The first kappa shape index (κ1) is 29.0. The van der Waals surface area contributed by atoms with E-state index < -0.39 is 0 Å². The van der Waals surface area contributed by atoms with Crippen molar-refractivity contribution in [1.29, 1.82) is 0 Å². The SMILES string of the molecule is c1ccc(-c2c3ccccc3c(-c3cccc(-c4cccc(-c5ccc(-n6c7ccccc7c7cnccc76)cc5)n4)n3)c3ccccc23)cc1. The van der Waals surface area contributed by atoms with Crippen LogP contribution in [0.1, 0.15) is 0 Å². The van der Waals surface area contributed by atoms with Gasteiger partial charge in [-0.1, -0.05) is 121 Å². The monoisotopic (exact) mass is 650 g/mol. The summed E-state index contributed by atoms with van der Waals surface area (Å²) in [6.45, 7) is 0. The Labute approximate surface area is 295 Å². The molecular formula is C47H30N4. The molecule has 0 spiro atoms. The first-order valence-corrected chi connectivity index (χ1v) is 17.2. The summed E-state index contributed by atoms with van der Waals surface area (Å²) in [5.41, 5.74) is 11.5. The number of nitrogens with zero attached hydrogens (tertiary/aromatic N) is 4. The number of para-hydroxylation sites is 1. The molecule has 6 aromatic carbocycles. The highest BCUT2D eigenvalue weighted by Crippen LogP contribution is 2.43. The van der Waals surface area contributed by atoms with Crippen molar-refractivity contribution in [2.45, 2.75) is 0 Å². The molecular weight excluding hydrogens is 621 g/mol. The Morgan fingerprint density at radius 1 is 0.333 bits per heavy atom. The predicted molar refractivity (Wildman–Crippen MR) is 211 cm³/mol. The molecule has 51 heavy (non-hydrogen) atoms. The van der Waals surface area contributed by atoms with Crippen molar-refractivity contribution in [2.24, 2.45) is 0 Å². The summed E-state index contributed by atoms with van der Waals surface area (Å²) in [4.78, 5) is 14.8. The van der Waals surface area contributed by atoms with Crippen molar-refractivity contribution < 1.29 is 0 Å². The molecule has 4 nitrogen and oxygen atoms in total. The lowest BCUT2D eigenvalue weighted by molar-refractivity contribution is 1.17. The minimum atomic E-state index is 0.836. The molecule has 0 atom stereocenters. The van der Waals surface area contributed by atoms with Gasteiger partial charge in [-0.15, -0.1) is 0 Å². The van der Waals surface area contributed by atoms with Crippen molar-refractivity contribution in [2.75, 3.05) is 0 Å². The zero-order valence-corrected chi connectivity index (χ0v) is 27.6. The van der Waals surface area contributed by atoms with Crippen LogP contribution >= 0.6 is 0 Å². The first-order valence-electron chi connectivity index (χ1n) is 17.2. The molecule has 10 rings (SSSR count). The van der Waals surface area contributed by atoms with E-state index in [1.54, 1.807) is 0 Å². The number of pyridine rings is 3. The van der Waals surface area contributed by atoms with E-state index in [4.69, 9.17) is 9.97 Å². The number of fused-ring (bicyclic) bond motifs is 5. The molecule has 0 unspecified atom stereocenters. The zero-order chi connectivity index (χ0) is 33.7. The zero-order valence-electron chi connectivity index (χ0n) is 27.6. The maximum atomic E-state index is 5.29. The number of rotatable bonds is 5. The highest BCUT2D eigenvalue weighted by molar-refractivity contribution is 6.21. The van der Waals surface area contributed by atoms with Crippen LogP contribution in [0.2, 0.25) is 0 Å². The van der Waals surface area contributed by atoms with E-state index in [0.717, 1.165) is 56.0 Å².